The molecule has 0 atom stereocenters. The summed E-state index contributed by atoms with van der Waals surface area (Å²) in [7, 11) is 2.00. The van der Waals surface area contributed by atoms with E-state index in [0.29, 0.717) is 6.54 Å². The molecule has 2 aromatic rings. The lowest BCUT2D eigenvalue weighted by Gasteiger charge is -2.04. The van der Waals surface area contributed by atoms with Gasteiger partial charge in [0.25, 0.3) is 0 Å². The highest BCUT2D eigenvalue weighted by molar-refractivity contribution is 5.80. The predicted molar refractivity (Wildman–Crippen MR) is 67.4 cm³/mol. The van der Waals surface area contributed by atoms with Gasteiger partial charge in [0.15, 0.2) is 0 Å². The Morgan fingerprint density at radius 3 is 2.94 bits per heavy atom. The number of hydrogen-bond donors (Lipinski definition) is 2. The molecule has 86 valence electrons. The molecule has 4 heteroatoms. The molecule has 0 aliphatic rings. The minimum Gasteiger partial charge on any atom is -0.385 e. The SMILES string of the molecule is CCCNc1ccc2c(c1)nc(CN)n2C. The van der Waals surface area contributed by atoms with Crippen LogP contribution < -0.4 is 11.1 Å². The number of benzene rings is 1. The molecule has 0 saturated carbocycles. The first-order chi connectivity index (χ1) is 7.76. The van der Waals surface area contributed by atoms with E-state index in [-0.39, 0.29) is 0 Å². The van der Waals surface area contributed by atoms with E-state index >= 15 is 0 Å². The van der Waals surface area contributed by atoms with Gasteiger partial charge < -0.3 is 15.6 Å². The van der Waals surface area contributed by atoms with Gasteiger partial charge in [0.2, 0.25) is 0 Å². The summed E-state index contributed by atoms with van der Waals surface area (Å²) in [6.07, 6.45) is 1.12. The minimum atomic E-state index is 0.475. The Kier molecular flexibility index (Phi) is 3.10. The first-order valence-corrected chi connectivity index (χ1v) is 5.65. The lowest BCUT2D eigenvalue weighted by atomic mass is 10.2. The van der Waals surface area contributed by atoms with Crippen LogP contribution in [0.1, 0.15) is 19.2 Å². The summed E-state index contributed by atoms with van der Waals surface area (Å²) in [5.74, 6) is 0.919. The van der Waals surface area contributed by atoms with Gasteiger partial charge in [-0.2, -0.15) is 0 Å². The molecule has 1 aromatic carbocycles. The number of rotatable bonds is 4. The fourth-order valence-corrected chi connectivity index (χ4v) is 1.81. The summed E-state index contributed by atoms with van der Waals surface area (Å²) in [6.45, 7) is 3.61. The first kappa shape index (κ1) is 11.0. The summed E-state index contributed by atoms with van der Waals surface area (Å²) in [5.41, 5.74) is 8.89. The number of anilines is 1. The molecule has 0 aliphatic carbocycles. The van der Waals surface area contributed by atoms with Crippen molar-refractivity contribution < 1.29 is 0 Å². The second kappa shape index (κ2) is 4.53. The molecule has 4 nitrogen and oxygen atoms in total. The van der Waals surface area contributed by atoms with Crippen LogP contribution in [0.15, 0.2) is 18.2 Å². The molecule has 0 radical (unpaired) electrons. The van der Waals surface area contributed by atoms with Crippen LogP contribution >= 0.6 is 0 Å². The van der Waals surface area contributed by atoms with Crippen LogP contribution in [0.25, 0.3) is 11.0 Å². The summed E-state index contributed by atoms with van der Waals surface area (Å²) >= 11 is 0. The number of nitrogens with one attached hydrogen (secondary N) is 1. The molecule has 1 aromatic heterocycles. The smallest absolute Gasteiger partial charge is 0.123 e. The van der Waals surface area contributed by atoms with Crippen LogP contribution in [0.4, 0.5) is 5.69 Å². The van der Waals surface area contributed by atoms with E-state index in [2.05, 4.69) is 35.4 Å². The number of aryl methyl sites for hydroxylation is 1. The summed E-state index contributed by atoms with van der Waals surface area (Å²) in [6, 6.07) is 6.24. The maximum Gasteiger partial charge on any atom is 0.123 e. The molecular formula is C12H18N4. The second-order valence-electron chi connectivity index (χ2n) is 3.92. The molecule has 0 spiro atoms. The number of fused-ring (bicyclic) bond motifs is 1. The molecule has 2 rings (SSSR count). The number of imidazole rings is 1. The van der Waals surface area contributed by atoms with E-state index in [9.17, 15) is 0 Å². The maximum atomic E-state index is 5.63. The highest BCUT2D eigenvalue weighted by Gasteiger charge is 2.06. The van der Waals surface area contributed by atoms with Crippen molar-refractivity contribution in [3.8, 4) is 0 Å². The van der Waals surface area contributed by atoms with Crippen molar-refractivity contribution in [2.45, 2.75) is 19.9 Å². The van der Waals surface area contributed by atoms with E-state index in [4.69, 9.17) is 5.73 Å². The van der Waals surface area contributed by atoms with Crippen molar-refractivity contribution >= 4 is 16.7 Å². The maximum absolute atomic E-state index is 5.63. The Labute approximate surface area is 95.5 Å². The fourth-order valence-electron chi connectivity index (χ4n) is 1.81. The Bertz CT molecular complexity index is 487. The van der Waals surface area contributed by atoms with Gasteiger partial charge >= 0.3 is 0 Å². The van der Waals surface area contributed by atoms with Crippen LogP contribution in [0.3, 0.4) is 0 Å². The van der Waals surface area contributed by atoms with Gasteiger partial charge in [-0.1, -0.05) is 6.92 Å². The normalized spacial score (nSPS) is 10.9. The zero-order chi connectivity index (χ0) is 11.5. The number of nitrogens with two attached hydrogens (primary N) is 1. The zero-order valence-corrected chi connectivity index (χ0v) is 9.83. The van der Waals surface area contributed by atoms with Crippen molar-refractivity contribution in [1.82, 2.24) is 9.55 Å². The Hall–Kier alpha value is -1.55. The van der Waals surface area contributed by atoms with E-state index in [1.165, 1.54) is 0 Å². The van der Waals surface area contributed by atoms with Crippen LogP contribution in [-0.4, -0.2) is 16.1 Å². The van der Waals surface area contributed by atoms with E-state index in [1.807, 2.05) is 11.6 Å². The van der Waals surface area contributed by atoms with Gasteiger partial charge in [-0.25, -0.2) is 4.98 Å². The third-order valence-electron chi connectivity index (χ3n) is 2.74. The summed E-state index contributed by atoms with van der Waals surface area (Å²) in [4.78, 5) is 4.50. The quantitative estimate of drug-likeness (QED) is 0.823. The van der Waals surface area contributed by atoms with Crippen molar-refractivity contribution in [3.05, 3.63) is 24.0 Å². The van der Waals surface area contributed by atoms with Gasteiger partial charge in [0.1, 0.15) is 5.82 Å². The zero-order valence-electron chi connectivity index (χ0n) is 9.83. The van der Waals surface area contributed by atoms with E-state index in [1.54, 1.807) is 0 Å². The molecule has 1 heterocycles. The molecule has 0 amide bonds. The highest BCUT2D eigenvalue weighted by atomic mass is 15.1. The van der Waals surface area contributed by atoms with Crippen LogP contribution in [0.5, 0.6) is 0 Å². The van der Waals surface area contributed by atoms with Crippen molar-refractivity contribution in [1.29, 1.82) is 0 Å². The van der Waals surface area contributed by atoms with Crippen LogP contribution in [-0.2, 0) is 13.6 Å². The topological polar surface area (TPSA) is 55.9 Å². The lowest BCUT2D eigenvalue weighted by molar-refractivity contribution is 0.813. The molecule has 0 saturated heterocycles. The molecule has 0 aliphatic heterocycles. The molecule has 3 N–H and O–H groups in total. The number of aromatic nitrogens is 2. The Balaban J connectivity index is 2.38. The standard InChI is InChI=1S/C12H18N4/c1-3-6-14-9-4-5-11-10(7-9)15-12(8-13)16(11)2/h4-5,7,14H,3,6,8,13H2,1-2H3. The fraction of sp³-hybridized carbons (Fsp3) is 0.417. The Morgan fingerprint density at radius 1 is 1.44 bits per heavy atom. The average molecular weight is 218 g/mol. The summed E-state index contributed by atoms with van der Waals surface area (Å²) < 4.78 is 2.04. The first-order valence-electron chi connectivity index (χ1n) is 5.65. The lowest BCUT2D eigenvalue weighted by Crippen LogP contribution is -2.04. The van der Waals surface area contributed by atoms with Crippen molar-refractivity contribution in [3.63, 3.8) is 0 Å². The molecule has 0 fully saturated rings. The third-order valence-corrected chi connectivity index (χ3v) is 2.74. The van der Waals surface area contributed by atoms with Gasteiger partial charge in [-0.15, -0.1) is 0 Å². The molecule has 0 unspecified atom stereocenters. The number of hydrogen-bond acceptors (Lipinski definition) is 3. The van der Waals surface area contributed by atoms with E-state index < -0.39 is 0 Å². The molecule has 0 bridgehead atoms. The predicted octanol–water partition coefficient (Wildman–Crippen LogP) is 1.85. The largest absolute Gasteiger partial charge is 0.385 e. The van der Waals surface area contributed by atoms with Gasteiger partial charge in [0.05, 0.1) is 17.6 Å². The summed E-state index contributed by atoms with van der Waals surface area (Å²) in [5, 5.41) is 3.35. The molecule has 16 heavy (non-hydrogen) atoms. The Morgan fingerprint density at radius 2 is 2.25 bits per heavy atom. The van der Waals surface area contributed by atoms with Gasteiger partial charge in [0, 0.05) is 19.3 Å². The minimum absolute atomic E-state index is 0.475. The third kappa shape index (κ3) is 1.88. The van der Waals surface area contributed by atoms with Crippen molar-refractivity contribution in [2.24, 2.45) is 12.8 Å². The number of nitrogens with zero attached hydrogens (tertiary/aromatic N) is 2. The van der Waals surface area contributed by atoms with Crippen LogP contribution in [0.2, 0.25) is 0 Å². The van der Waals surface area contributed by atoms with Gasteiger partial charge in [-0.3, -0.25) is 0 Å². The van der Waals surface area contributed by atoms with Crippen molar-refractivity contribution in [2.75, 3.05) is 11.9 Å². The monoisotopic (exact) mass is 218 g/mol. The second-order valence-corrected chi connectivity index (χ2v) is 3.92. The average Bonchev–Trinajstić information content (AvgIpc) is 2.63. The van der Waals surface area contributed by atoms with Crippen LogP contribution in [0, 0.1) is 0 Å². The molecular weight excluding hydrogens is 200 g/mol. The highest BCUT2D eigenvalue weighted by Crippen LogP contribution is 2.19. The van der Waals surface area contributed by atoms with E-state index in [0.717, 1.165) is 35.5 Å². The van der Waals surface area contributed by atoms with Gasteiger partial charge in [-0.05, 0) is 24.6 Å².